The zero-order valence-electron chi connectivity index (χ0n) is 14.9. The number of pyridine rings is 1. The Bertz CT molecular complexity index is 815. The quantitative estimate of drug-likeness (QED) is 0.807. The lowest BCUT2D eigenvalue weighted by Gasteiger charge is -2.27. The van der Waals surface area contributed by atoms with Crippen LogP contribution in [0.5, 0.6) is 0 Å². The Morgan fingerprint density at radius 3 is 2.73 bits per heavy atom. The second-order valence-electron chi connectivity index (χ2n) is 7.24. The normalized spacial score (nSPS) is 25.0. The average Bonchev–Trinajstić information content (AvgIpc) is 3.11. The number of nitrogens with zero attached hydrogens (tertiary/aromatic N) is 3. The second-order valence-corrected chi connectivity index (χ2v) is 7.24. The van der Waals surface area contributed by atoms with E-state index in [1.807, 2.05) is 30.0 Å². The first-order chi connectivity index (χ1) is 12.0. The molecule has 6 heteroatoms. The molecule has 0 aliphatic carbocycles. The number of aromatic nitrogens is 1. The van der Waals surface area contributed by atoms with Crippen molar-refractivity contribution in [3.8, 4) is 0 Å². The van der Waals surface area contributed by atoms with Crippen molar-refractivity contribution in [1.29, 1.82) is 0 Å². The van der Waals surface area contributed by atoms with Gasteiger partial charge in [0.05, 0.1) is 0 Å². The van der Waals surface area contributed by atoms with Crippen LogP contribution < -0.4 is 0 Å². The molecule has 0 unspecified atom stereocenters. The first-order valence-electron chi connectivity index (χ1n) is 8.71. The molecule has 4 rings (SSSR count). The molecule has 2 aliphatic heterocycles. The van der Waals surface area contributed by atoms with Crippen molar-refractivity contribution in [2.24, 2.45) is 11.8 Å². The molecule has 4 nitrogen and oxygen atoms in total. The summed E-state index contributed by atoms with van der Waals surface area (Å²) < 4.78 is 13.7. The van der Waals surface area contributed by atoms with Crippen LogP contribution in [0.25, 0.3) is 0 Å². The van der Waals surface area contributed by atoms with Gasteiger partial charge in [0.15, 0.2) is 0 Å². The third kappa shape index (κ3) is 3.21. The maximum atomic E-state index is 13.7. The van der Waals surface area contributed by atoms with Gasteiger partial charge in [-0.2, -0.15) is 0 Å². The van der Waals surface area contributed by atoms with E-state index in [1.54, 1.807) is 18.3 Å². The van der Waals surface area contributed by atoms with Crippen LogP contribution in [0.3, 0.4) is 0 Å². The van der Waals surface area contributed by atoms with Gasteiger partial charge in [-0.05, 0) is 49.2 Å². The van der Waals surface area contributed by atoms with E-state index in [4.69, 9.17) is 0 Å². The van der Waals surface area contributed by atoms with E-state index >= 15 is 0 Å². The van der Waals surface area contributed by atoms with Crippen molar-refractivity contribution in [3.63, 3.8) is 0 Å². The fourth-order valence-electron chi connectivity index (χ4n) is 4.48. The summed E-state index contributed by atoms with van der Waals surface area (Å²) >= 11 is 0. The summed E-state index contributed by atoms with van der Waals surface area (Å²) in [5.74, 6) is 0.559. The van der Waals surface area contributed by atoms with E-state index in [9.17, 15) is 9.18 Å². The Kier molecular flexibility index (Phi) is 5.30. The maximum absolute atomic E-state index is 13.7. The van der Waals surface area contributed by atoms with Crippen LogP contribution in [0.1, 0.15) is 27.7 Å². The summed E-state index contributed by atoms with van der Waals surface area (Å²) in [7, 11) is 2.09. The molecule has 1 aromatic carbocycles. The van der Waals surface area contributed by atoms with Gasteiger partial charge in [-0.3, -0.25) is 14.7 Å². The van der Waals surface area contributed by atoms with Gasteiger partial charge < -0.3 is 4.90 Å². The van der Waals surface area contributed by atoms with Crippen LogP contribution in [0.2, 0.25) is 0 Å². The maximum Gasteiger partial charge on any atom is 0.272 e. The largest absolute Gasteiger partial charge is 0.337 e. The van der Waals surface area contributed by atoms with Crippen molar-refractivity contribution in [2.75, 3.05) is 26.7 Å². The Morgan fingerprint density at radius 2 is 2.00 bits per heavy atom. The van der Waals surface area contributed by atoms with Gasteiger partial charge in [0.2, 0.25) is 0 Å². The third-order valence-corrected chi connectivity index (χ3v) is 5.58. The van der Waals surface area contributed by atoms with Gasteiger partial charge >= 0.3 is 0 Å². The number of rotatable bonds is 2. The van der Waals surface area contributed by atoms with Crippen molar-refractivity contribution < 1.29 is 9.18 Å². The number of benzene rings is 1. The lowest BCUT2D eigenvalue weighted by Crippen LogP contribution is -2.34. The highest BCUT2D eigenvalue weighted by Gasteiger charge is 2.47. The van der Waals surface area contributed by atoms with Gasteiger partial charge in [-0.25, -0.2) is 4.39 Å². The van der Waals surface area contributed by atoms with E-state index < -0.39 is 0 Å². The fourth-order valence-corrected chi connectivity index (χ4v) is 4.48. The van der Waals surface area contributed by atoms with E-state index in [0.717, 1.165) is 24.2 Å². The van der Waals surface area contributed by atoms with Gasteiger partial charge in [0.25, 0.3) is 5.91 Å². The molecule has 0 spiro atoms. The smallest absolute Gasteiger partial charge is 0.272 e. The number of carbonyl (C=O) groups excluding carboxylic acids is 1. The van der Waals surface area contributed by atoms with Crippen LogP contribution in [0.15, 0.2) is 42.6 Å². The van der Waals surface area contributed by atoms with E-state index in [1.165, 1.54) is 6.07 Å². The molecule has 1 aromatic heterocycles. The topological polar surface area (TPSA) is 36.4 Å². The van der Waals surface area contributed by atoms with E-state index in [0.29, 0.717) is 24.1 Å². The lowest BCUT2D eigenvalue weighted by atomic mass is 9.89. The summed E-state index contributed by atoms with van der Waals surface area (Å²) in [5.41, 5.74) is 2.44. The van der Waals surface area contributed by atoms with Crippen LogP contribution in [-0.4, -0.2) is 47.4 Å². The summed E-state index contributed by atoms with van der Waals surface area (Å²) in [6, 6.07) is 10.8. The fraction of sp³-hybridized carbons (Fsp3) is 0.400. The summed E-state index contributed by atoms with van der Waals surface area (Å²) in [5, 5.41) is 0. The number of amides is 1. The number of aryl methyl sites for hydroxylation is 1. The molecule has 2 aliphatic rings. The molecule has 26 heavy (non-hydrogen) atoms. The van der Waals surface area contributed by atoms with Crippen molar-refractivity contribution in [1.82, 2.24) is 14.8 Å². The van der Waals surface area contributed by atoms with Crippen molar-refractivity contribution in [3.05, 3.63) is 65.2 Å². The molecule has 2 aromatic rings. The minimum absolute atomic E-state index is 0. The predicted molar refractivity (Wildman–Crippen MR) is 101 cm³/mol. The number of likely N-dealkylation sites (tertiary alicyclic amines) is 2. The first-order valence-corrected chi connectivity index (χ1v) is 8.71. The monoisotopic (exact) mass is 375 g/mol. The van der Waals surface area contributed by atoms with Crippen LogP contribution in [0, 0.1) is 24.6 Å². The lowest BCUT2D eigenvalue weighted by molar-refractivity contribution is 0.0761. The standard InChI is InChI=1S/C20H22FN3O.ClH/c1-13-5-4-8-22-18(13)20(25)24-11-15-10-23(2)19(17(15)12-24)14-6-3-7-16(21)9-14;/h3-9,15,17,19H,10-12H2,1-2H3;1H/t15-,17+,19-;/m0./s1. The Morgan fingerprint density at radius 1 is 1.19 bits per heavy atom. The van der Waals surface area contributed by atoms with Gasteiger partial charge in [-0.15, -0.1) is 12.4 Å². The highest BCUT2D eigenvalue weighted by Crippen LogP contribution is 2.44. The van der Waals surface area contributed by atoms with Gasteiger partial charge in [0, 0.05) is 37.8 Å². The Labute approximate surface area is 159 Å². The Balaban J connectivity index is 0.00000196. The minimum Gasteiger partial charge on any atom is -0.337 e. The number of hydrogen-bond donors (Lipinski definition) is 0. The number of hydrogen-bond acceptors (Lipinski definition) is 3. The Hall–Kier alpha value is -1.98. The molecular formula is C20H23ClFN3O. The molecule has 0 bridgehead atoms. The van der Waals surface area contributed by atoms with Gasteiger partial charge in [-0.1, -0.05) is 18.2 Å². The molecule has 138 valence electrons. The number of carbonyl (C=O) groups is 1. The number of fused-ring (bicyclic) bond motifs is 1. The molecular weight excluding hydrogens is 353 g/mol. The molecule has 2 fully saturated rings. The summed E-state index contributed by atoms with van der Waals surface area (Å²) in [6.07, 6.45) is 1.67. The SMILES string of the molecule is Cc1cccnc1C(=O)N1C[C@@H]2CN(C)[C@@H](c3cccc(F)c3)[C@@H]2C1.Cl. The molecule has 0 radical (unpaired) electrons. The highest BCUT2D eigenvalue weighted by atomic mass is 35.5. The molecule has 2 saturated heterocycles. The van der Waals surface area contributed by atoms with Crippen molar-refractivity contribution in [2.45, 2.75) is 13.0 Å². The second kappa shape index (κ2) is 7.33. The first kappa shape index (κ1) is 18.8. The molecule has 0 saturated carbocycles. The molecule has 1 amide bonds. The predicted octanol–water partition coefficient (Wildman–Crippen LogP) is 3.33. The van der Waals surface area contributed by atoms with E-state index in [-0.39, 0.29) is 30.2 Å². The van der Waals surface area contributed by atoms with Crippen LogP contribution in [-0.2, 0) is 0 Å². The highest BCUT2D eigenvalue weighted by molar-refractivity contribution is 5.93. The van der Waals surface area contributed by atoms with Crippen molar-refractivity contribution >= 4 is 18.3 Å². The third-order valence-electron chi connectivity index (χ3n) is 5.58. The van der Waals surface area contributed by atoms with Crippen LogP contribution in [0.4, 0.5) is 4.39 Å². The minimum atomic E-state index is -0.204. The van der Waals surface area contributed by atoms with Gasteiger partial charge in [0.1, 0.15) is 11.5 Å². The summed E-state index contributed by atoms with van der Waals surface area (Å²) in [4.78, 5) is 21.3. The molecule has 3 heterocycles. The molecule has 0 N–H and O–H groups in total. The summed E-state index contributed by atoms with van der Waals surface area (Å²) in [6.45, 7) is 4.29. The van der Waals surface area contributed by atoms with E-state index in [2.05, 4.69) is 16.9 Å². The zero-order valence-corrected chi connectivity index (χ0v) is 15.7. The molecule has 3 atom stereocenters. The zero-order chi connectivity index (χ0) is 17.6. The van der Waals surface area contributed by atoms with Crippen LogP contribution >= 0.6 is 12.4 Å². The average molecular weight is 376 g/mol. The number of halogens is 2.